The van der Waals surface area contributed by atoms with Gasteiger partial charge >= 0.3 is 5.97 Å². The Balaban J connectivity index is 2.19. The van der Waals surface area contributed by atoms with Gasteiger partial charge in [-0.25, -0.2) is 0 Å². The second kappa shape index (κ2) is 5.85. The van der Waals surface area contributed by atoms with Crippen molar-refractivity contribution in [2.45, 2.75) is 51.6 Å². The molecule has 2 unspecified atom stereocenters. The third-order valence-corrected chi connectivity index (χ3v) is 4.92. The fourth-order valence-electron chi connectivity index (χ4n) is 2.70. The van der Waals surface area contributed by atoms with Gasteiger partial charge in [-0.05, 0) is 45.4 Å². The first-order valence-electron chi connectivity index (χ1n) is 6.64. The van der Waals surface area contributed by atoms with Crippen LogP contribution in [0.5, 0.6) is 0 Å². The molecule has 0 bridgehead atoms. The molecule has 1 saturated heterocycles. The number of likely N-dealkylation sites (tertiary alicyclic amines) is 1. The molecule has 1 aliphatic rings. The number of carboxylic acids is 1. The molecule has 1 N–H and O–H groups in total. The van der Waals surface area contributed by atoms with Crippen molar-refractivity contribution < 1.29 is 9.90 Å². The molecular formula is C14H21NO2S. The predicted octanol–water partition coefficient (Wildman–Crippen LogP) is 3.45. The van der Waals surface area contributed by atoms with Gasteiger partial charge in [-0.3, -0.25) is 9.69 Å². The van der Waals surface area contributed by atoms with E-state index in [1.807, 2.05) is 0 Å². The van der Waals surface area contributed by atoms with Gasteiger partial charge in [0.1, 0.15) is 6.04 Å². The van der Waals surface area contributed by atoms with Crippen LogP contribution in [0.15, 0.2) is 12.1 Å². The second-order valence-electron chi connectivity index (χ2n) is 5.07. The van der Waals surface area contributed by atoms with Crippen molar-refractivity contribution in [3.8, 4) is 0 Å². The van der Waals surface area contributed by atoms with Gasteiger partial charge in [0.05, 0.1) is 0 Å². The van der Waals surface area contributed by atoms with Crippen molar-refractivity contribution in [2.75, 3.05) is 6.54 Å². The Morgan fingerprint density at radius 2 is 2.22 bits per heavy atom. The molecule has 0 radical (unpaired) electrons. The molecule has 2 atom stereocenters. The van der Waals surface area contributed by atoms with Crippen LogP contribution in [0.25, 0.3) is 0 Å². The molecule has 1 aromatic rings. The van der Waals surface area contributed by atoms with E-state index in [1.54, 1.807) is 11.3 Å². The normalized spacial score (nSPS) is 23.6. The number of rotatable bonds is 3. The van der Waals surface area contributed by atoms with E-state index in [9.17, 15) is 9.90 Å². The molecule has 4 heteroatoms. The Labute approximate surface area is 112 Å². The van der Waals surface area contributed by atoms with E-state index >= 15 is 0 Å². The average molecular weight is 267 g/mol. The summed E-state index contributed by atoms with van der Waals surface area (Å²) in [5, 5.41) is 9.40. The molecule has 1 fully saturated rings. The van der Waals surface area contributed by atoms with Crippen molar-refractivity contribution in [1.82, 2.24) is 4.90 Å². The quantitative estimate of drug-likeness (QED) is 0.912. The van der Waals surface area contributed by atoms with Crippen LogP contribution >= 0.6 is 11.3 Å². The third kappa shape index (κ3) is 2.93. The molecule has 0 aromatic carbocycles. The third-order valence-electron chi connectivity index (χ3n) is 3.75. The van der Waals surface area contributed by atoms with Crippen molar-refractivity contribution in [1.29, 1.82) is 0 Å². The Morgan fingerprint density at radius 3 is 2.83 bits per heavy atom. The summed E-state index contributed by atoms with van der Waals surface area (Å²) in [6.07, 6.45) is 4.07. The van der Waals surface area contributed by atoms with Crippen molar-refractivity contribution >= 4 is 17.3 Å². The Kier molecular flexibility index (Phi) is 4.40. The van der Waals surface area contributed by atoms with Gasteiger partial charge < -0.3 is 5.11 Å². The molecular weight excluding hydrogens is 246 g/mol. The maximum Gasteiger partial charge on any atom is 0.320 e. The standard InChI is InChI=1S/C14H21NO2S/c1-10-7-8-13(18-10)11(2)15-9-5-3-4-6-12(15)14(16)17/h7-8,11-12H,3-6,9H2,1-2H3,(H,16,17). The number of hydrogen-bond acceptors (Lipinski definition) is 3. The van der Waals surface area contributed by atoms with Gasteiger partial charge in [0.2, 0.25) is 0 Å². The number of thiophene rings is 1. The predicted molar refractivity (Wildman–Crippen MR) is 74.1 cm³/mol. The highest BCUT2D eigenvalue weighted by atomic mass is 32.1. The Bertz CT molecular complexity index is 416. The van der Waals surface area contributed by atoms with E-state index < -0.39 is 5.97 Å². The lowest BCUT2D eigenvalue weighted by atomic mass is 10.1. The number of aliphatic carboxylic acids is 1. The zero-order valence-electron chi connectivity index (χ0n) is 11.1. The summed E-state index contributed by atoms with van der Waals surface area (Å²) in [5.74, 6) is -0.669. The largest absolute Gasteiger partial charge is 0.480 e. The minimum Gasteiger partial charge on any atom is -0.480 e. The maximum absolute atomic E-state index is 11.4. The van der Waals surface area contributed by atoms with E-state index in [-0.39, 0.29) is 12.1 Å². The van der Waals surface area contributed by atoms with Crippen molar-refractivity contribution in [3.05, 3.63) is 21.9 Å². The summed E-state index contributed by atoms with van der Waals surface area (Å²) in [7, 11) is 0. The second-order valence-corrected chi connectivity index (χ2v) is 6.39. The van der Waals surface area contributed by atoms with Crippen molar-refractivity contribution in [2.24, 2.45) is 0 Å². The number of carboxylic acid groups (broad SMARTS) is 1. The molecule has 0 aliphatic carbocycles. The molecule has 1 aliphatic heterocycles. The van der Waals surface area contributed by atoms with Crippen LogP contribution in [-0.4, -0.2) is 28.6 Å². The van der Waals surface area contributed by atoms with Crippen LogP contribution in [0.1, 0.15) is 48.4 Å². The summed E-state index contributed by atoms with van der Waals surface area (Å²) in [5.41, 5.74) is 0. The van der Waals surface area contributed by atoms with E-state index in [0.29, 0.717) is 0 Å². The molecule has 0 saturated carbocycles. The van der Waals surface area contributed by atoms with Crippen LogP contribution in [0.3, 0.4) is 0 Å². The average Bonchev–Trinajstić information content (AvgIpc) is 2.63. The highest BCUT2D eigenvalue weighted by Gasteiger charge is 2.31. The summed E-state index contributed by atoms with van der Waals surface area (Å²) >= 11 is 1.78. The zero-order chi connectivity index (χ0) is 13.1. The van der Waals surface area contributed by atoms with Gasteiger partial charge in [0, 0.05) is 15.8 Å². The van der Waals surface area contributed by atoms with Gasteiger partial charge in [0.15, 0.2) is 0 Å². The summed E-state index contributed by atoms with van der Waals surface area (Å²) < 4.78 is 0. The fourth-order valence-corrected chi connectivity index (χ4v) is 3.65. The smallest absolute Gasteiger partial charge is 0.320 e. The van der Waals surface area contributed by atoms with Gasteiger partial charge in [0.25, 0.3) is 0 Å². The summed E-state index contributed by atoms with van der Waals surface area (Å²) in [4.78, 5) is 16.2. The highest BCUT2D eigenvalue weighted by molar-refractivity contribution is 7.12. The van der Waals surface area contributed by atoms with Crippen LogP contribution in [0.4, 0.5) is 0 Å². The molecule has 1 aromatic heterocycles. The first-order valence-corrected chi connectivity index (χ1v) is 7.46. The lowest BCUT2D eigenvalue weighted by Crippen LogP contribution is -2.42. The van der Waals surface area contributed by atoms with Gasteiger partial charge in [-0.2, -0.15) is 0 Å². The summed E-state index contributed by atoms with van der Waals surface area (Å²) in [6.45, 7) is 5.12. The lowest BCUT2D eigenvalue weighted by molar-refractivity contribution is -0.144. The van der Waals surface area contributed by atoms with Gasteiger partial charge in [-0.1, -0.05) is 12.8 Å². The number of aryl methyl sites for hydroxylation is 1. The minimum atomic E-state index is -0.669. The molecule has 0 spiro atoms. The van der Waals surface area contributed by atoms with Crippen LogP contribution in [0.2, 0.25) is 0 Å². The molecule has 2 heterocycles. The van der Waals surface area contributed by atoms with E-state index in [2.05, 4.69) is 30.9 Å². The zero-order valence-corrected chi connectivity index (χ0v) is 11.9. The van der Waals surface area contributed by atoms with Crippen LogP contribution in [0, 0.1) is 6.92 Å². The number of hydrogen-bond donors (Lipinski definition) is 1. The molecule has 100 valence electrons. The molecule has 2 rings (SSSR count). The van der Waals surface area contributed by atoms with E-state index in [0.717, 1.165) is 32.2 Å². The lowest BCUT2D eigenvalue weighted by Gasteiger charge is -2.32. The Morgan fingerprint density at radius 1 is 1.44 bits per heavy atom. The fraction of sp³-hybridized carbons (Fsp3) is 0.643. The maximum atomic E-state index is 11.4. The van der Waals surface area contributed by atoms with Crippen molar-refractivity contribution in [3.63, 3.8) is 0 Å². The topological polar surface area (TPSA) is 40.5 Å². The van der Waals surface area contributed by atoms with E-state index in [4.69, 9.17) is 0 Å². The first kappa shape index (κ1) is 13.6. The van der Waals surface area contributed by atoms with E-state index in [1.165, 1.54) is 9.75 Å². The molecule has 3 nitrogen and oxygen atoms in total. The first-order chi connectivity index (χ1) is 8.59. The van der Waals surface area contributed by atoms with Gasteiger partial charge in [-0.15, -0.1) is 11.3 Å². The number of nitrogens with zero attached hydrogens (tertiary/aromatic N) is 1. The molecule has 0 amide bonds. The van der Waals surface area contributed by atoms with Crippen LogP contribution < -0.4 is 0 Å². The Hall–Kier alpha value is -0.870. The van der Waals surface area contributed by atoms with Crippen LogP contribution in [-0.2, 0) is 4.79 Å². The SMILES string of the molecule is Cc1ccc(C(C)N2CCCCCC2C(=O)O)s1. The monoisotopic (exact) mass is 267 g/mol. The minimum absolute atomic E-state index is 0.211. The summed E-state index contributed by atoms with van der Waals surface area (Å²) in [6, 6.07) is 4.14. The highest BCUT2D eigenvalue weighted by Crippen LogP contribution is 2.31. The number of carbonyl (C=O) groups is 1. The molecule has 18 heavy (non-hydrogen) atoms.